The standard InChI is InChI=1S/C19H26FNO4/c1-13(18(22)21-16-7-5-3-4-6-8-16)25-19(23)14(2)24-17-11-9-15(20)10-12-17/h9-14,16H,3-8H2,1-2H3,(H,21,22)/t13-,14-/m1/s1. The van der Waals surface area contributed by atoms with Crippen LogP contribution in [-0.4, -0.2) is 30.1 Å². The number of ether oxygens (including phenoxy) is 2. The summed E-state index contributed by atoms with van der Waals surface area (Å²) in [4.78, 5) is 24.3. The minimum atomic E-state index is -0.890. The zero-order valence-electron chi connectivity index (χ0n) is 14.8. The molecule has 1 aliphatic rings. The Morgan fingerprint density at radius 3 is 2.24 bits per heavy atom. The number of carbonyl (C=O) groups is 2. The van der Waals surface area contributed by atoms with Crippen LogP contribution in [0.3, 0.4) is 0 Å². The second-order valence-electron chi connectivity index (χ2n) is 6.49. The maximum absolute atomic E-state index is 12.9. The normalized spacial score (nSPS) is 17.9. The largest absolute Gasteiger partial charge is 0.479 e. The first kappa shape index (κ1) is 19.2. The smallest absolute Gasteiger partial charge is 0.347 e. The molecule has 1 N–H and O–H groups in total. The van der Waals surface area contributed by atoms with Gasteiger partial charge in [0.05, 0.1) is 0 Å². The van der Waals surface area contributed by atoms with E-state index in [0.717, 1.165) is 25.7 Å². The van der Waals surface area contributed by atoms with Crippen LogP contribution in [0.25, 0.3) is 0 Å². The minimum Gasteiger partial charge on any atom is -0.479 e. The summed E-state index contributed by atoms with van der Waals surface area (Å²) in [5.74, 6) is -0.935. The van der Waals surface area contributed by atoms with E-state index in [2.05, 4.69) is 5.32 Å². The molecule has 6 heteroatoms. The van der Waals surface area contributed by atoms with Gasteiger partial charge in [0.1, 0.15) is 11.6 Å². The van der Waals surface area contributed by atoms with Crippen LogP contribution < -0.4 is 10.1 Å². The van der Waals surface area contributed by atoms with E-state index in [9.17, 15) is 14.0 Å². The molecule has 138 valence electrons. The van der Waals surface area contributed by atoms with Crippen LogP contribution in [0.5, 0.6) is 5.75 Å². The van der Waals surface area contributed by atoms with Gasteiger partial charge in [0.25, 0.3) is 5.91 Å². The fourth-order valence-corrected chi connectivity index (χ4v) is 2.83. The number of nitrogens with one attached hydrogen (secondary N) is 1. The lowest BCUT2D eigenvalue weighted by molar-refractivity contribution is -0.161. The zero-order valence-corrected chi connectivity index (χ0v) is 14.8. The third-order valence-corrected chi connectivity index (χ3v) is 4.32. The highest BCUT2D eigenvalue weighted by Crippen LogP contribution is 2.17. The molecule has 2 atom stereocenters. The fraction of sp³-hybridized carbons (Fsp3) is 0.579. The van der Waals surface area contributed by atoms with Gasteiger partial charge in [-0.15, -0.1) is 0 Å². The predicted octanol–water partition coefficient (Wildman–Crippen LogP) is 3.36. The summed E-state index contributed by atoms with van der Waals surface area (Å²) in [7, 11) is 0. The fourth-order valence-electron chi connectivity index (χ4n) is 2.83. The van der Waals surface area contributed by atoms with Crippen molar-refractivity contribution < 1.29 is 23.5 Å². The van der Waals surface area contributed by atoms with Gasteiger partial charge in [0.2, 0.25) is 0 Å². The predicted molar refractivity (Wildman–Crippen MR) is 91.7 cm³/mol. The minimum absolute atomic E-state index is 0.157. The maximum atomic E-state index is 12.9. The maximum Gasteiger partial charge on any atom is 0.347 e. The Morgan fingerprint density at radius 1 is 1.04 bits per heavy atom. The van der Waals surface area contributed by atoms with E-state index in [0.29, 0.717) is 5.75 Å². The van der Waals surface area contributed by atoms with E-state index in [1.165, 1.54) is 44.0 Å². The van der Waals surface area contributed by atoms with Crippen LogP contribution in [0.15, 0.2) is 24.3 Å². The van der Waals surface area contributed by atoms with Crippen molar-refractivity contribution in [1.29, 1.82) is 0 Å². The third kappa shape index (κ3) is 6.36. The van der Waals surface area contributed by atoms with E-state index in [1.54, 1.807) is 6.92 Å². The van der Waals surface area contributed by atoms with Crippen LogP contribution in [0.4, 0.5) is 4.39 Å². The Morgan fingerprint density at radius 2 is 1.64 bits per heavy atom. The van der Waals surface area contributed by atoms with E-state index >= 15 is 0 Å². The average Bonchev–Trinajstić information content (AvgIpc) is 2.85. The Labute approximate surface area is 147 Å². The summed E-state index contributed by atoms with van der Waals surface area (Å²) < 4.78 is 23.5. The second-order valence-corrected chi connectivity index (χ2v) is 6.49. The van der Waals surface area contributed by atoms with E-state index < -0.39 is 18.2 Å². The first-order valence-corrected chi connectivity index (χ1v) is 8.89. The number of carbonyl (C=O) groups excluding carboxylic acids is 2. The quantitative estimate of drug-likeness (QED) is 0.630. The molecular formula is C19H26FNO4. The molecule has 1 fully saturated rings. The molecule has 2 rings (SSSR count). The summed E-state index contributed by atoms with van der Waals surface area (Å²) in [6.07, 6.45) is 4.80. The number of benzene rings is 1. The van der Waals surface area contributed by atoms with Crippen molar-refractivity contribution in [3.63, 3.8) is 0 Å². The topological polar surface area (TPSA) is 64.6 Å². The van der Waals surface area contributed by atoms with E-state index in [-0.39, 0.29) is 17.8 Å². The van der Waals surface area contributed by atoms with Gasteiger partial charge in [-0.2, -0.15) is 0 Å². The lowest BCUT2D eigenvalue weighted by atomic mass is 10.1. The first-order valence-electron chi connectivity index (χ1n) is 8.89. The highest BCUT2D eigenvalue weighted by atomic mass is 19.1. The van der Waals surface area contributed by atoms with Crippen molar-refractivity contribution in [3.8, 4) is 5.75 Å². The van der Waals surface area contributed by atoms with E-state index in [1.807, 2.05) is 0 Å². The van der Waals surface area contributed by atoms with Crippen molar-refractivity contribution in [2.24, 2.45) is 0 Å². The highest BCUT2D eigenvalue weighted by molar-refractivity contribution is 5.84. The molecule has 5 nitrogen and oxygen atoms in total. The van der Waals surface area contributed by atoms with E-state index in [4.69, 9.17) is 9.47 Å². The number of rotatable bonds is 6. The van der Waals surface area contributed by atoms with Crippen molar-refractivity contribution in [2.75, 3.05) is 0 Å². The molecule has 0 bridgehead atoms. The van der Waals surface area contributed by atoms with Crippen molar-refractivity contribution in [3.05, 3.63) is 30.1 Å². The lowest BCUT2D eigenvalue weighted by Crippen LogP contribution is -2.43. The number of hydrogen-bond acceptors (Lipinski definition) is 4. The second kappa shape index (κ2) is 9.39. The zero-order chi connectivity index (χ0) is 18.2. The molecule has 1 aliphatic carbocycles. The molecule has 1 aromatic carbocycles. The van der Waals surface area contributed by atoms with Gasteiger partial charge in [0, 0.05) is 6.04 Å². The number of esters is 1. The lowest BCUT2D eigenvalue weighted by Gasteiger charge is -2.21. The molecule has 0 unspecified atom stereocenters. The van der Waals surface area contributed by atoms with Crippen molar-refractivity contribution >= 4 is 11.9 Å². The van der Waals surface area contributed by atoms with Crippen LogP contribution in [0.2, 0.25) is 0 Å². The molecule has 1 saturated carbocycles. The van der Waals surface area contributed by atoms with Crippen LogP contribution in [0, 0.1) is 5.82 Å². The molecule has 0 aromatic heterocycles. The number of halogens is 1. The van der Waals surface area contributed by atoms with Crippen LogP contribution in [-0.2, 0) is 14.3 Å². The number of amides is 1. The molecule has 0 spiro atoms. The summed E-state index contributed by atoms with van der Waals surface area (Å²) in [6.45, 7) is 3.08. The third-order valence-electron chi connectivity index (χ3n) is 4.32. The van der Waals surface area contributed by atoms with Gasteiger partial charge in [-0.05, 0) is 51.0 Å². The molecule has 25 heavy (non-hydrogen) atoms. The Bertz CT molecular complexity index is 567. The molecule has 0 heterocycles. The van der Waals surface area contributed by atoms with Crippen molar-refractivity contribution in [2.45, 2.75) is 70.6 Å². The van der Waals surface area contributed by atoms with Gasteiger partial charge in [-0.1, -0.05) is 25.7 Å². The monoisotopic (exact) mass is 351 g/mol. The first-order chi connectivity index (χ1) is 12.0. The Kier molecular flexibility index (Phi) is 7.22. The van der Waals surface area contributed by atoms with Crippen LogP contribution >= 0.6 is 0 Å². The Hall–Kier alpha value is -2.11. The van der Waals surface area contributed by atoms with Gasteiger partial charge < -0.3 is 14.8 Å². The summed E-state index contributed by atoms with van der Waals surface area (Å²) in [5, 5.41) is 2.96. The van der Waals surface area contributed by atoms with Crippen molar-refractivity contribution in [1.82, 2.24) is 5.32 Å². The van der Waals surface area contributed by atoms with Gasteiger partial charge in [-0.25, -0.2) is 9.18 Å². The van der Waals surface area contributed by atoms with Gasteiger partial charge in [-0.3, -0.25) is 4.79 Å². The van der Waals surface area contributed by atoms with Crippen LogP contribution in [0.1, 0.15) is 52.4 Å². The molecule has 1 aromatic rings. The molecule has 0 saturated heterocycles. The molecular weight excluding hydrogens is 325 g/mol. The summed E-state index contributed by atoms with van der Waals surface area (Å²) in [6, 6.07) is 5.51. The van der Waals surface area contributed by atoms with Gasteiger partial charge in [0.15, 0.2) is 12.2 Å². The Balaban J connectivity index is 1.79. The summed E-state index contributed by atoms with van der Waals surface area (Å²) in [5.41, 5.74) is 0. The SMILES string of the molecule is C[C@@H](OC(=O)[C@@H](C)Oc1ccc(F)cc1)C(=O)NC1CCCCCC1. The molecule has 1 amide bonds. The summed E-state index contributed by atoms with van der Waals surface area (Å²) >= 11 is 0. The molecule has 0 radical (unpaired) electrons. The van der Waals surface area contributed by atoms with Gasteiger partial charge >= 0.3 is 5.97 Å². The average molecular weight is 351 g/mol. The highest BCUT2D eigenvalue weighted by Gasteiger charge is 2.25. The molecule has 0 aliphatic heterocycles. The number of hydrogen-bond donors (Lipinski definition) is 1.